The number of ether oxygens (including phenoxy) is 1. The van der Waals surface area contributed by atoms with Crippen molar-refractivity contribution in [3.05, 3.63) is 88.2 Å². The fourth-order valence-corrected chi connectivity index (χ4v) is 3.11. The molecule has 0 unspecified atom stereocenters. The van der Waals surface area contributed by atoms with Crippen molar-refractivity contribution in [2.75, 3.05) is 0 Å². The van der Waals surface area contributed by atoms with Crippen LogP contribution in [0.3, 0.4) is 0 Å². The number of rotatable bonds is 5. The first-order valence-electron chi connectivity index (χ1n) is 8.67. The van der Waals surface area contributed by atoms with Gasteiger partial charge in [0.25, 0.3) is 6.43 Å². The highest BCUT2D eigenvalue weighted by atomic mass is 79.9. The van der Waals surface area contributed by atoms with Gasteiger partial charge in [-0.15, -0.1) is 0 Å². The second-order valence-corrected chi connectivity index (χ2v) is 7.14. The van der Waals surface area contributed by atoms with Gasteiger partial charge in [-0.3, -0.25) is 0 Å². The number of hydrogen-bond donors (Lipinski definition) is 0. The molecule has 8 heteroatoms. The highest BCUT2D eigenvalue weighted by Crippen LogP contribution is 2.27. The lowest BCUT2D eigenvalue weighted by Gasteiger charge is -2.09. The van der Waals surface area contributed by atoms with Gasteiger partial charge in [0.2, 0.25) is 0 Å². The van der Waals surface area contributed by atoms with Crippen molar-refractivity contribution < 1.29 is 18.3 Å². The molecule has 0 N–H and O–H groups in total. The van der Waals surface area contributed by atoms with E-state index in [1.807, 2.05) is 30.3 Å². The van der Waals surface area contributed by atoms with Crippen LogP contribution in [0.15, 0.2) is 71.3 Å². The summed E-state index contributed by atoms with van der Waals surface area (Å²) < 4.78 is 34.4. The Labute approximate surface area is 173 Å². The highest BCUT2D eigenvalue weighted by Gasteiger charge is 2.22. The normalized spacial score (nSPS) is 11.2. The quantitative estimate of drug-likeness (QED) is 0.373. The molecular formula is C21H14BrF2N3O2. The van der Waals surface area contributed by atoms with Crippen LogP contribution in [0.4, 0.5) is 8.78 Å². The van der Waals surface area contributed by atoms with Gasteiger partial charge in [-0.2, -0.15) is 5.10 Å². The van der Waals surface area contributed by atoms with Gasteiger partial charge < -0.3 is 4.74 Å². The fourth-order valence-electron chi connectivity index (χ4n) is 2.85. The van der Waals surface area contributed by atoms with Crippen molar-refractivity contribution in [3.8, 4) is 11.3 Å². The molecule has 2 aromatic heterocycles. The van der Waals surface area contributed by atoms with Gasteiger partial charge in [-0.1, -0.05) is 58.4 Å². The SMILES string of the molecule is O=C(OCc1ccc(Br)cc1)c1cnn2c(C(F)F)cc(-c3ccccc3)nc12. The van der Waals surface area contributed by atoms with Crippen LogP contribution < -0.4 is 0 Å². The molecule has 2 aromatic carbocycles. The summed E-state index contributed by atoms with van der Waals surface area (Å²) in [6, 6.07) is 17.5. The van der Waals surface area contributed by atoms with Crippen LogP contribution in [0, 0.1) is 0 Å². The zero-order chi connectivity index (χ0) is 20.4. The first-order chi connectivity index (χ1) is 14.0. The zero-order valence-corrected chi connectivity index (χ0v) is 16.5. The molecule has 0 aliphatic heterocycles. The van der Waals surface area contributed by atoms with Gasteiger partial charge in [0, 0.05) is 10.0 Å². The van der Waals surface area contributed by atoms with Crippen molar-refractivity contribution in [2.24, 2.45) is 0 Å². The van der Waals surface area contributed by atoms with E-state index in [1.54, 1.807) is 24.3 Å². The molecule has 0 saturated carbocycles. The summed E-state index contributed by atoms with van der Waals surface area (Å²) in [5, 5.41) is 3.93. The van der Waals surface area contributed by atoms with E-state index >= 15 is 0 Å². The number of benzene rings is 2. The first-order valence-corrected chi connectivity index (χ1v) is 9.46. The Hall–Kier alpha value is -3.13. The summed E-state index contributed by atoms with van der Waals surface area (Å²) in [5.74, 6) is -0.680. The van der Waals surface area contributed by atoms with Crippen molar-refractivity contribution in [3.63, 3.8) is 0 Å². The van der Waals surface area contributed by atoms with Gasteiger partial charge in [0.1, 0.15) is 17.9 Å². The average molecular weight is 458 g/mol. The number of hydrogen-bond acceptors (Lipinski definition) is 4. The van der Waals surface area contributed by atoms with Gasteiger partial charge in [0.15, 0.2) is 5.65 Å². The Morgan fingerprint density at radius 1 is 1.10 bits per heavy atom. The van der Waals surface area contributed by atoms with Crippen LogP contribution in [0.25, 0.3) is 16.9 Å². The van der Waals surface area contributed by atoms with Crippen molar-refractivity contribution in [1.82, 2.24) is 14.6 Å². The third-order valence-electron chi connectivity index (χ3n) is 4.30. The van der Waals surface area contributed by atoms with Crippen LogP contribution in [0.2, 0.25) is 0 Å². The van der Waals surface area contributed by atoms with Crippen LogP contribution in [-0.2, 0) is 11.3 Å². The number of alkyl halides is 2. The fraction of sp³-hybridized carbons (Fsp3) is 0.0952. The Bertz CT molecular complexity index is 1160. The minimum atomic E-state index is -2.78. The number of aromatic nitrogens is 3. The largest absolute Gasteiger partial charge is 0.457 e. The Morgan fingerprint density at radius 2 is 1.83 bits per heavy atom. The molecule has 0 amide bonds. The van der Waals surface area contributed by atoms with E-state index in [0.29, 0.717) is 11.3 Å². The smallest absolute Gasteiger partial charge is 0.343 e. The molecule has 2 heterocycles. The van der Waals surface area contributed by atoms with E-state index in [1.165, 1.54) is 12.3 Å². The maximum atomic E-state index is 13.6. The summed E-state index contributed by atoms with van der Waals surface area (Å²) >= 11 is 3.34. The molecule has 0 fully saturated rings. The third kappa shape index (κ3) is 4.02. The van der Waals surface area contributed by atoms with Crippen LogP contribution >= 0.6 is 15.9 Å². The van der Waals surface area contributed by atoms with Crippen molar-refractivity contribution >= 4 is 27.5 Å². The number of esters is 1. The van der Waals surface area contributed by atoms with E-state index in [9.17, 15) is 13.6 Å². The van der Waals surface area contributed by atoms with Gasteiger partial charge in [-0.25, -0.2) is 23.1 Å². The maximum absolute atomic E-state index is 13.6. The molecule has 0 atom stereocenters. The highest BCUT2D eigenvalue weighted by molar-refractivity contribution is 9.10. The molecule has 4 rings (SSSR count). The van der Waals surface area contributed by atoms with E-state index in [4.69, 9.17) is 4.74 Å². The topological polar surface area (TPSA) is 56.5 Å². The van der Waals surface area contributed by atoms with Crippen molar-refractivity contribution in [1.29, 1.82) is 0 Å². The number of fused-ring (bicyclic) bond motifs is 1. The molecule has 0 aliphatic rings. The Balaban J connectivity index is 1.70. The van der Waals surface area contributed by atoms with E-state index in [-0.39, 0.29) is 23.5 Å². The molecule has 0 aliphatic carbocycles. The Morgan fingerprint density at radius 3 is 2.52 bits per heavy atom. The summed E-state index contributed by atoms with van der Waals surface area (Å²) in [7, 11) is 0. The second-order valence-electron chi connectivity index (χ2n) is 6.23. The van der Waals surface area contributed by atoms with E-state index < -0.39 is 12.4 Å². The molecule has 0 saturated heterocycles. The number of carbonyl (C=O) groups excluding carboxylic acids is 1. The van der Waals surface area contributed by atoms with Gasteiger partial charge in [0.05, 0.1) is 11.9 Å². The first kappa shape index (κ1) is 19.2. The van der Waals surface area contributed by atoms with E-state index in [2.05, 4.69) is 26.0 Å². The second kappa shape index (κ2) is 8.08. The summed E-state index contributed by atoms with van der Waals surface area (Å²) in [5.41, 5.74) is 1.50. The van der Waals surface area contributed by atoms with Gasteiger partial charge >= 0.3 is 5.97 Å². The summed E-state index contributed by atoms with van der Waals surface area (Å²) in [6.45, 7) is 0.0452. The lowest BCUT2D eigenvalue weighted by atomic mass is 10.1. The zero-order valence-electron chi connectivity index (χ0n) is 14.9. The molecule has 4 aromatic rings. The molecule has 5 nitrogen and oxygen atoms in total. The van der Waals surface area contributed by atoms with Crippen molar-refractivity contribution in [2.45, 2.75) is 13.0 Å². The number of nitrogens with zero attached hydrogens (tertiary/aromatic N) is 3. The molecule has 0 radical (unpaired) electrons. The summed E-state index contributed by atoms with van der Waals surface area (Å²) in [6.07, 6.45) is -1.58. The molecule has 29 heavy (non-hydrogen) atoms. The minimum Gasteiger partial charge on any atom is -0.457 e. The average Bonchev–Trinajstić information content (AvgIpc) is 3.17. The molecule has 0 spiro atoms. The molecule has 0 bridgehead atoms. The minimum absolute atomic E-state index is 0.0294. The lowest BCUT2D eigenvalue weighted by Crippen LogP contribution is -2.07. The van der Waals surface area contributed by atoms with Gasteiger partial charge in [-0.05, 0) is 23.8 Å². The molecule has 146 valence electrons. The maximum Gasteiger partial charge on any atom is 0.343 e. The van der Waals surface area contributed by atoms with E-state index in [0.717, 1.165) is 14.6 Å². The monoisotopic (exact) mass is 457 g/mol. The Kier molecular flexibility index (Phi) is 5.35. The number of halogens is 3. The third-order valence-corrected chi connectivity index (χ3v) is 4.82. The number of carbonyl (C=O) groups is 1. The standard InChI is InChI=1S/C21H14BrF2N3O2/c22-15-8-6-13(7-9-15)12-29-21(28)16-11-25-27-18(19(23)24)10-17(26-20(16)27)14-4-2-1-3-5-14/h1-11,19H,12H2. The predicted octanol–water partition coefficient (Wildman–Crippen LogP) is 5.45. The van der Waals surface area contributed by atoms with Crippen LogP contribution in [0.1, 0.15) is 28.0 Å². The lowest BCUT2D eigenvalue weighted by molar-refractivity contribution is 0.0474. The molecular weight excluding hydrogens is 444 g/mol. The predicted molar refractivity (Wildman–Crippen MR) is 107 cm³/mol. The summed E-state index contributed by atoms with van der Waals surface area (Å²) in [4.78, 5) is 17.0. The van der Waals surface area contributed by atoms with Crippen LogP contribution in [0.5, 0.6) is 0 Å². The van der Waals surface area contributed by atoms with Crippen LogP contribution in [-0.4, -0.2) is 20.6 Å².